The summed E-state index contributed by atoms with van der Waals surface area (Å²) in [5.74, 6) is 1.58. The van der Waals surface area contributed by atoms with E-state index in [1.807, 2.05) is 31.2 Å². The smallest absolute Gasteiger partial charge is 0.241 e. The van der Waals surface area contributed by atoms with Gasteiger partial charge in [-0.05, 0) is 48.7 Å². The molecule has 1 amide bonds. The predicted octanol–water partition coefficient (Wildman–Crippen LogP) is 5.29. The lowest BCUT2D eigenvalue weighted by molar-refractivity contribution is -0.118. The fraction of sp³-hybridized carbons (Fsp3) is 0.444. The van der Waals surface area contributed by atoms with E-state index >= 15 is 0 Å². The highest BCUT2D eigenvalue weighted by Crippen LogP contribution is 2.52. The highest BCUT2D eigenvalue weighted by atomic mass is 16.5. The van der Waals surface area contributed by atoms with E-state index in [2.05, 4.69) is 61.3 Å². The molecule has 0 bridgehead atoms. The lowest BCUT2D eigenvalue weighted by Crippen LogP contribution is -2.58. The molecule has 5 nitrogen and oxygen atoms in total. The Morgan fingerprint density at radius 1 is 1.06 bits per heavy atom. The third-order valence-electron chi connectivity index (χ3n) is 6.67. The first-order chi connectivity index (χ1) is 15.4. The first-order valence-corrected chi connectivity index (χ1v) is 11.7. The standard InChI is InChI=1S/C27H34N2O3/c1-5-7-10-17-32-23-14-13-20(18-24(23)31-6-2)15-16-27-26(3,4)21-11-8-9-12-22(21)29(27)19-25(30)28-27/h8-9,11-16,18H,5-7,10,17,19H2,1-4H3,(H,28,30). The molecule has 170 valence electrons. The maximum absolute atomic E-state index is 12.5. The SMILES string of the molecule is CCCCCOc1ccc(C=CC23NC(=O)CN2c2ccccc2C3(C)C)cc1OCC. The Hall–Kier alpha value is -2.95. The molecule has 1 unspecified atom stereocenters. The number of nitrogens with one attached hydrogen (secondary N) is 1. The first-order valence-electron chi connectivity index (χ1n) is 11.7. The third kappa shape index (κ3) is 3.74. The van der Waals surface area contributed by atoms with Crippen molar-refractivity contribution in [2.45, 2.75) is 58.0 Å². The maximum atomic E-state index is 12.5. The summed E-state index contributed by atoms with van der Waals surface area (Å²) in [6, 6.07) is 14.4. The number of unbranched alkanes of at least 4 members (excludes halogenated alkanes) is 2. The zero-order chi connectivity index (χ0) is 22.8. The molecule has 0 aromatic heterocycles. The van der Waals surface area contributed by atoms with Crippen molar-refractivity contribution in [3.63, 3.8) is 0 Å². The molecule has 5 heteroatoms. The molecule has 1 fully saturated rings. The van der Waals surface area contributed by atoms with E-state index in [1.165, 1.54) is 12.0 Å². The second-order valence-corrected chi connectivity index (χ2v) is 9.07. The number of rotatable bonds is 9. The monoisotopic (exact) mass is 434 g/mol. The Morgan fingerprint density at radius 2 is 1.88 bits per heavy atom. The van der Waals surface area contributed by atoms with Crippen LogP contribution in [0.4, 0.5) is 5.69 Å². The molecule has 4 rings (SSSR count). The molecule has 1 saturated heterocycles. The Kier molecular flexibility index (Phi) is 6.18. The van der Waals surface area contributed by atoms with Crippen molar-refractivity contribution in [2.75, 3.05) is 24.7 Å². The van der Waals surface area contributed by atoms with Crippen LogP contribution in [0.3, 0.4) is 0 Å². The van der Waals surface area contributed by atoms with Crippen LogP contribution >= 0.6 is 0 Å². The van der Waals surface area contributed by atoms with Gasteiger partial charge >= 0.3 is 0 Å². The number of para-hydroxylation sites is 1. The normalized spacial score (nSPS) is 20.9. The molecule has 1 N–H and O–H groups in total. The Balaban J connectivity index is 1.63. The molecule has 2 aliphatic heterocycles. The van der Waals surface area contributed by atoms with Gasteiger partial charge in [0.15, 0.2) is 11.5 Å². The Bertz CT molecular complexity index is 1010. The van der Waals surface area contributed by atoms with Crippen LogP contribution in [0.15, 0.2) is 48.5 Å². The minimum absolute atomic E-state index is 0.0445. The number of ether oxygens (including phenoxy) is 2. The minimum Gasteiger partial charge on any atom is -0.490 e. The van der Waals surface area contributed by atoms with Crippen molar-refractivity contribution in [2.24, 2.45) is 0 Å². The summed E-state index contributed by atoms with van der Waals surface area (Å²) in [6.45, 7) is 10.2. The van der Waals surface area contributed by atoms with Gasteiger partial charge < -0.3 is 19.7 Å². The fourth-order valence-electron chi connectivity index (χ4n) is 4.91. The van der Waals surface area contributed by atoms with Crippen LogP contribution in [-0.2, 0) is 10.2 Å². The zero-order valence-corrected chi connectivity index (χ0v) is 19.6. The molecule has 0 radical (unpaired) electrons. The number of nitrogens with zero attached hydrogens (tertiary/aromatic N) is 1. The van der Waals surface area contributed by atoms with Gasteiger partial charge in [0.2, 0.25) is 5.91 Å². The number of hydrogen-bond donors (Lipinski definition) is 1. The number of anilines is 1. The van der Waals surface area contributed by atoms with E-state index < -0.39 is 5.66 Å². The van der Waals surface area contributed by atoms with Crippen LogP contribution < -0.4 is 19.7 Å². The van der Waals surface area contributed by atoms with Crippen LogP contribution in [0.2, 0.25) is 0 Å². The topological polar surface area (TPSA) is 50.8 Å². The average Bonchev–Trinajstić information content (AvgIpc) is 3.21. The lowest BCUT2D eigenvalue weighted by Gasteiger charge is -2.40. The third-order valence-corrected chi connectivity index (χ3v) is 6.67. The van der Waals surface area contributed by atoms with E-state index in [1.54, 1.807) is 0 Å². The minimum atomic E-state index is -0.602. The molecular weight excluding hydrogens is 400 g/mol. The summed E-state index contributed by atoms with van der Waals surface area (Å²) in [6.07, 6.45) is 7.58. The molecule has 2 aromatic rings. The summed E-state index contributed by atoms with van der Waals surface area (Å²) in [7, 11) is 0. The van der Waals surface area contributed by atoms with Gasteiger partial charge in [-0.2, -0.15) is 0 Å². The molecule has 0 aliphatic carbocycles. The van der Waals surface area contributed by atoms with Crippen molar-refractivity contribution in [1.82, 2.24) is 5.32 Å². The number of benzene rings is 2. The highest BCUT2D eigenvalue weighted by Gasteiger charge is 2.59. The average molecular weight is 435 g/mol. The van der Waals surface area contributed by atoms with Crippen molar-refractivity contribution < 1.29 is 14.3 Å². The summed E-state index contributed by atoms with van der Waals surface area (Å²) < 4.78 is 11.8. The number of carbonyl (C=O) groups is 1. The largest absolute Gasteiger partial charge is 0.490 e. The first kappa shape index (κ1) is 22.3. The van der Waals surface area contributed by atoms with Gasteiger partial charge in [0.25, 0.3) is 0 Å². The van der Waals surface area contributed by atoms with E-state index in [0.717, 1.165) is 35.6 Å². The molecule has 2 aliphatic rings. The summed E-state index contributed by atoms with van der Waals surface area (Å²) in [5.41, 5.74) is 2.49. The van der Waals surface area contributed by atoms with Gasteiger partial charge in [0, 0.05) is 11.1 Å². The highest BCUT2D eigenvalue weighted by molar-refractivity contribution is 5.91. The molecule has 0 spiro atoms. The molecule has 1 atom stereocenters. The van der Waals surface area contributed by atoms with Crippen molar-refractivity contribution in [3.8, 4) is 11.5 Å². The summed E-state index contributed by atoms with van der Waals surface area (Å²) >= 11 is 0. The Morgan fingerprint density at radius 3 is 2.66 bits per heavy atom. The molecule has 2 heterocycles. The van der Waals surface area contributed by atoms with Gasteiger partial charge in [-0.25, -0.2) is 0 Å². The second kappa shape index (κ2) is 8.89. The summed E-state index contributed by atoms with van der Waals surface area (Å²) in [5, 5.41) is 3.27. The van der Waals surface area contributed by atoms with Gasteiger partial charge in [-0.3, -0.25) is 4.79 Å². The lowest BCUT2D eigenvalue weighted by atomic mass is 9.75. The molecular formula is C27H34N2O3. The quantitative estimate of drug-likeness (QED) is 0.545. The predicted molar refractivity (Wildman–Crippen MR) is 129 cm³/mol. The number of hydrogen-bond acceptors (Lipinski definition) is 4. The van der Waals surface area contributed by atoms with E-state index in [0.29, 0.717) is 19.8 Å². The van der Waals surface area contributed by atoms with E-state index in [9.17, 15) is 4.79 Å². The second-order valence-electron chi connectivity index (χ2n) is 9.07. The maximum Gasteiger partial charge on any atom is 0.241 e. The van der Waals surface area contributed by atoms with Gasteiger partial charge in [-0.15, -0.1) is 0 Å². The zero-order valence-electron chi connectivity index (χ0n) is 19.6. The van der Waals surface area contributed by atoms with Crippen molar-refractivity contribution >= 4 is 17.7 Å². The number of carbonyl (C=O) groups excluding carboxylic acids is 1. The number of fused-ring (bicyclic) bond motifs is 3. The van der Waals surface area contributed by atoms with Gasteiger partial charge in [0.1, 0.15) is 5.66 Å². The van der Waals surface area contributed by atoms with E-state index in [4.69, 9.17) is 9.47 Å². The van der Waals surface area contributed by atoms with Crippen LogP contribution in [-0.4, -0.2) is 31.3 Å². The van der Waals surface area contributed by atoms with Crippen LogP contribution in [0.1, 0.15) is 58.1 Å². The summed E-state index contributed by atoms with van der Waals surface area (Å²) in [4.78, 5) is 14.7. The Labute approximate surface area is 191 Å². The van der Waals surface area contributed by atoms with Crippen molar-refractivity contribution in [3.05, 3.63) is 59.7 Å². The molecule has 2 aromatic carbocycles. The van der Waals surface area contributed by atoms with Gasteiger partial charge in [-0.1, -0.05) is 64.0 Å². The van der Waals surface area contributed by atoms with Gasteiger partial charge in [0.05, 0.1) is 19.8 Å². The van der Waals surface area contributed by atoms with Crippen LogP contribution in [0.5, 0.6) is 11.5 Å². The van der Waals surface area contributed by atoms with Crippen LogP contribution in [0.25, 0.3) is 6.08 Å². The molecule has 32 heavy (non-hydrogen) atoms. The fourth-order valence-corrected chi connectivity index (χ4v) is 4.91. The number of amides is 1. The van der Waals surface area contributed by atoms with Crippen molar-refractivity contribution in [1.29, 1.82) is 0 Å². The van der Waals surface area contributed by atoms with Crippen LogP contribution in [0, 0.1) is 0 Å². The van der Waals surface area contributed by atoms with E-state index in [-0.39, 0.29) is 11.3 Å². The molecule has 0 saturated carbocycles.